The molecule has 1 aliphatic rings. The molecule has 1 fully saturated rings. The van der Waals surface area contributed by atoms with Gasteiger partial charge in [0.25, 0.3) is 0 Å². The smallest absolute Gasteiger partial charge is 0.243 e. The molecule has 23 heavy (non-hydrogen) atoms. The van der Waals surface area contributed by atoms with Gasteiger partial charge in [-0.05, 0) is 48.2 Å². The molecular formula is C17H19NO4S. The van der Waals surface area contributed by atoms with E-state index in [4.69, 9.17) is 4.74 Å². The molecule has 1 heterocycles. The maximum absolute atomic E-state index is 12.5. The fraction of sp³-hybridized carbons (Fsp3) is 0.294. The molecule has 0 saturated carbocycles. The van der Waals surface area contributed by atoms with E-state index in [-0.39, 0.29) is 5.75 Å². The molecule has 0 unspecified atom stereocenters. The summed E-state index contributed by atoms with van der Waals surface area (Å²) in [6.45, 7) is 1.19. The van der Waals surface area contributed by atoms with Crippen molar-refractivity contribution in [2.45, 2.75) is 17.7 Å². The number of phenolic OH excluding ortho intramolecular Hbond substituents is 1. The number of nitrogens with zero attached hydrogens (tertiary/aromatic N) is 1. The number of rotatable bonds is 4. The molecule has 1 aliphatic heterocycles. The molecule has 0 atom stereocenters. The molecule has 0 aromatic heterocycles. The number of methoxy groups -OCH3 is 1. The predicted molar refractivity (Wildman–Crippen MR) is 88.1 cm³/mol. The van der Waals surface area contributed by atoms with E-state index in [0.29, 0.717) is 23.7 Å². The Bertz CT molecular complexity index is 794. The molecule has 1 N–H and O–H groups in total. The third kappa shape index (κ3) is 3.04. The van der Waals surface area contributed by atoms with Crippen LogP contribution in [0.3, 0.4) is 0 Å². The Morgan fingerprint density at radius 3 is 2.22 bits per heavy atom. The van der Waals surface area contributed by atoms with Crippen LogP contribution < -0.4 is 4.74 Å². The second kappa shape index (κ2) is 6.22. The van der Waals surface area contributed by atoms with Gasteiger partial charge < -0.3 is 9.84 Å². The highest BCUT2D eigenvalue weighted by Gasteiger charge is 2.26. The molecule has 0 radical (unpaired) electrons. The second-order valence-electron chi connectivity index (χ2n) is 5.52. The largest absolute Gasteiger partial charge is 0.504 e. The first-order valence-electron chi connectivity index (χ1n) is 7.50. The molecule has 1 saturated heterocycles. The van der Waals surface area contributed by atoms with Crippen LogP contribution in [-0.4, -0.2) is 38.0 Å². The van der Waals surface area contributed by atoms with Crippen LogP contribution in [-0.2, 0) is 10.0 Å². The van der Waals surface area contributed by atoms with Gasteiger partial charge in [0.15, 0.2) is 11.5 Å². The van der Waals surface area contributed by atoms with Crippen LogP contribution in [0.2, 0.25) is 0 Å². The molecule has 5 nitrogen and oxygen atoms in total. The lowest BCUT2D eigenvalue weighted by Gasteiger charge is -2.15. The highest BCUT2D eigenvalue weighted by atomic mass is 32.2. The lowest BCUT2D eigenvalue weighted by atomic mass is 10.1. The zero-order valence-corrected chi connectivity index (χ0v) is 13.7. The van der Waals surface area contributed by atoms with Crippen molar-refractivity contribution in [1.82, 2.24) is 4.31 Å². The standard InChI is InChI=1S/C17H19NO4S/c1-22-17-12-14(6-9-16(17)19)13-4-7-15(8-5-13)23(20,21)18-10-2-3-11-18/h4-9,12,19H,2-3,10-11H2,1H3. The van der Waals surface area contributed by atoms with E-state index in [2.05, 4.69) is 0 Å². The van der Waals surface area contributed by atoms with E-state index in [1.54, 1.807) is 42.5 Å². The molecule has 122 valence electrons. The predicted octanol–water partition coefficient (Wildman–Crippen LogP) is 2.85. The summed E-state index contributed by atoms with van der Waals surface area (Å²) in [6, 6.07) is 11.8. The lowest BCUT2D eigenvalue weighted by Crippen LogP contribution is -2.27. The number of aromatic hydroxyl groups is 1. The van der Waals surface area contributed by atoms with E-state index >= 15 is 0 Å². The summed E-state index contributed by atoms with van der Waals surface area (Å²) >= 11 is 0. The second-order valence-corrected chi connectivity index (χ2v) is 7.46. The summed E-state index contributed by atoms with van der Waals surface area (Å²) in [6.07, 6.45) is 1.84. The molecule has 6 heteroatoms. The summed E-state index contributed by atoms with van der Waals surface area (Å²) in [5.74, 6) is 0.459. The van der Waals surface area contributed by atoms with Crippen molar-refractivity contribution < 1.29 is 18.3 Å². The zero-order valence-electron chi connectivity index (χ0n) is 12.9. The molecule has 2 aromatic rings. The van der Waals surface area contributed by atoms with Crippen LogP contribution >= 0.6 is 0 Å². The number of benzene rings is 2. The Hall–Kier alpha value is -2.05. The van der Waals surface area contributed by atoms with E-state index in [1.165, 1.54) is 11.4 Å². The highest BCUT2D eigenvalue weighted by Crippen LogP contribution is 2.32. The van der Waals surface area contributed by atoms with Crippen LogP contribution in [0.4, 0.5) is 0 Å². The summed E-state index contributed by atoms with van der Waals surface area (Å²) in [7, 11) is -1.90. The summed E-state index contributed by atoms with van der Waals surface area (Å²) in [5, 5.41) is 9.64. The minimum Gasteiger partial charge on any atom is -0.504 e. The van der Waals surface area contributed by atoms with Crippen molar-refractivity contribution in [2.75, 3.05) is 20.2 Å². The number of hydrogen-bond acceptors (Lipinski definition) is 4. The van der Waals surface area contributed by atoms with Crippen molar-refractivity contribution in [3.63, 3.8) is 0 Å². The van der Waals surface area contributed by atoms with Gasteiger partial charge in [0.2, 0.25) is 10.0 Å². The van der Waals surface area contributed by atoms with E-state index in [1.807, 2.05) is 0 Å². The molecule has 0 aliphatic carbocycles. The minimum atomic E-state index is -3.39. The van der Waals surface area contributed by atoms with Gasteiger partial charge in [0.05, 0.1) is 12.0 Å². The summed E-state index contributed by atoms with van der Waals surface area (Å²) in [4.78, 5) is 0.314. The van der Waals surface area contributed by atoms with Gasteiger partial charge >= 0.3 is 0 Å². The van der Waals surface area contributed by atoms with Gasteiger partial charge in [0, 0.05) is 13.1 Å². The van der Waals surface area contributed by atoms with Crippen molar-refractivity contribution in [1.29, 1.82) is 0 Å². The first-order chi connectivity index (χ1) is 11.0. The molecule has 0 amide bonds. The number of phenols is 1. The SMILES string of the molecule is COc1cc(-c2ccc(S(=O)(=O)N3CCCC3)cc2)ccc1O. The molecule has 3 rings (SSSR count). The number of ether oxygens (including phenoxy) is 1. The molecular weight excluding hydrogens is 314 g/mol. The van der Waals surface area contributed by atoms with Gasteiger partial charge in [-0.2, -0.15) is 4.31 Å². The maximum atomic E-state index is 12.5. The molecule has 0 spiro atoms. The fourth-order valence-corrected chi connectivity index (χ4v) is 4.27. The first kappa shape index (κ1) is 15.8. The van der Waals surface area contributed by atoms with Crippen LogP contribution in [0.25, 0.3) is 11.1 Å². The topological polar surface area (TPSA) is 66.8 Å². The molecule has 0 bridgehead atoms. The average molecular weight is 333 g/mol. The number of sulfonamides is 1. The van der Waals surface area contributed by atoms with E-state index < -0.39 is 10.0 Å². The van der Waals surface area contributed by atoms with Gasteiger partial charge in [-0.25, -0.2) is 8.42 Å². The lowest BCUT2D eigenvalue weighted by molar-refractivity contribution is 0.373. The maximum Gasteiger partial charge on any atom is 0.243 e. The Kier molecular flexibility index (Phi) is 4.28. The van der Waals surface area contributed by atoms with Gasteiger partial charge in [0.1, 0.15) is 0 Å². The minimum absolute atomic E-state index is 0.0736. The van der Waals surface area contributed by atoms with Crippen molar-refractivity contribution in [3.8, 4) is 22.6 Å². The van der Waals surface area contributed by atoms with Crippen LogP contribution in [0.5, 0.6) is 11.5 Å². The highest BCUT2D eigenvalue weighted by molar-refractivity contribution is 7.89. The van der Waals surface area contributed by atoms with Gasteiger partial charge in [-0.3, -0.25) is 0 Å². The Balaban J connectivity index is 1.90. The Labute approximate surface area is 136 Å². The van der Waals surface area contributed by atoms with E-state index in [0.717, 1.165) is 24.0 Å². The zero-order chi connectivity index (χ0) is 16.4. The van der Waals surface area contributed by atoms with E-state index in [9.17, 15) is 13.5 Å². The van der Waals surface area contributed by atoms with Crippen molar-refractivity contribution in [3.05, 3.63) is 42.5 Å². The monoisotopic (exact) mass is 333 g/mol. The van der Waals surface area contributed by atoms with Crippen molar-refractivity contribution >= 4 is 10.0 Å². The quantitative estimate of drug-likeness (QED) is 0.934. The third-order valence-electron chi connectivity index (χ3n) is 4.07. The normalized spacial score (nSPS) is 15.7. The van der Waals surface area contributed by atoms with Crippen molar-refractivity contribution in [2.24, 2.45) is 0 Å². The average Bonchev–Trinajstić information content (AvgIpc) is 3.11. The summed E-state index contributed by atoms with van der Waals surface area (Å²) < 4.78 is 31.6. The van der Waals surface area contributed by atoms with Crippen LogP contribution in [0, 0.1) is 0 Å². The van der Waals surface area contributed by atoms with Gasteiger partial charge in [-0.1, -0.05) is 18.2 Å². The Morgan fingerprint density at radius 1 is 1.00 bits per heavy atom. The summed E-state index contributed by atoms with van der Waals surface area (Å²) in [5.41, 5.74) is 1.72. The Morgan fingerprint density at radius 2 is 1.61 bits per heavy atom. The molecule has 2 aromatic carbocycles. The third-order valence-corrected chi connectivity index (χ3v) is 5.98. The fourth-order valence-electron chi connectivity index (χ4n) is 2.75. The van der Waals surface area contributed by atoms with Crippen LogP contribution in [0.15, 0.2) is 47.4 Å². The van der Waals surface area contributed by atoms with Gasteiger partial charge in [-0.15, -0.1) is 0 Å². The number of hydrogen-bond donors (Lipinski definition) is 1. The van der Waals surface area contributed by atoms with Crippen LogP contribution in [0.1, 0.15) is 12.8 Å². The first-order valence-corrected chi connectivity index (χ1v) is 8.94.